The standard InChI is InChI=1S/C40H50N4O10/c1-27(45)13-15-41-36(46)14-17-50-19-21-52-23-24-53-22-20-51-18-16-42-39(47)32-7-6-8-33(40(48)49)38(32)37-30-11-9-28(43(2)3)25-34(30)54-35-26-29(44(4)5)10-12-31(35)37/h6-12,25-26H,13-24H2,1-5H3,(H2-,41,42,46,47,48,49)/p+1. The maximum atomic E-state index is 13.7. The van der Waals surface area contributed by atoms with Gasteiger partial charge in [-0.3, -0.25) is 14.4 Å². The Balaban J connectivity index is 1.29. The van der Waals surface area contributed by atoms with Gasteiger partial charge in [0.1, 0.15) is 31.2 Å². The molecule has 0 saturated heterocycles. The Morgan fingerprint density at radius 1 is 0.741 bits per heavy atom. The zero-order chi connectivity index (χ0) is 39.0. The summed E-state index contributed by atoms with van der Waals surface area (Å²) in [4.78, 5) is 50.9. The molecule has 2 amide bonds. The molecule has 54 heavy (non-hydrogen) atoms. The van der Waals surface area contributed by atoms with Gasteiger partial charge < -0.3 is 44.0 Å². The van der Waals surface area contributed by atoms with Crippen LogP contribution in [0, 0.1) is 0 Å². The fraction of sp³-hybridized carbons (Fsp3) is 0.425. The molecule has 2 aromatic rings. The molecule has 14 nitrogen and oxygen atoms in total. The van der Waals surface area contributed by atoms with Gasteiger partial charge in [0.2, 0.25) is 11.3 Å². The van der Waals surface area contributed by atoms with Crippen molar-refractivity contribution >= 4 is 40.2 Å². The van der Waals surface area contributed by atoms with Crippen molar-refractivity contribution in [1.82, 2.24) is 15.2 Å². The first-order valence-electron chi connectivity index (χ1n) is 17.9. The number of amides is 2. The van der Waals surface area contributed by atoms with E-state index in [-0.39, 0.29) is 49.0 Å². The fourth-order valence-electron chi connectivity index (χ4n) is 5.61. The van der Waals surface area contributed by atoms with Crippen molar-refractivity contribution in [3.8, 4) is 22.5 Å². The average molecular weight is 748 g/mol. The third kappa shape index (κ3) is 11.9. The zero-order valence-corrected chi connectivity index (χ0v) is 31.7. The van der Waals surface area contributed by atoms with Crippen molar-refractivity contribution in [3.05, 3.63) is 71.1 Å². The molecule has 1 aliphatic heterocycles. The van der Waals surface area contributed by atoms with E-state index >= 15 is 0 Å². The van der Waals surface area contributed by atoms with Gasteiger partial charge in [-0.2, -0.15) is 0 Å². The Hall–Kier alpha value is -5.15. The maximum Gasteiger partial charge on any atom is 0.336 e. The van der Waals surface area contributed by atoms with Crippen LogP contribution in [-0.4, -0.2) is 123 Å². The van der Waals surface area contributed by atoms with Crippen LogP contribution in [0.25, 0.3) is 33.4 Å². The van der Waals surface area contributed by atoms with Crippen LogP contribution >= 0.6 is 0 Å². The van der Waals surface area contributed by atoms with Gasteiger partial charge in [0.15, 0.2) is 0 Å². The summed E-state index contributed by atoms with van der Waals surface area (Å²) < 4.78 is 30.4. The number of carboxylic acids is 1. The Morgan fingerprint density at radius 2 is 1.39 bits per heavy atom. The Labute approximate surface area is 315 Å². The minimum Gasteiger partial charge on any atom is -0.478 e. The molecule has 290 valence electrons. The summed E-state index contributed by atoms with van der Waals surface area (Å²) >= 11 is 0. The topological polar surface area (TPSA) is 169 Å². The van der Waals surface area contributed by atoms with Crippen LogP contribution in [0.4, 0.5) is 5.69 Å². The number of hydrogen-bond acceptors (Lipinski definition) is 10. The van der Waals surface area contributed by atoms with E-state index in [4.69, 9.17) is 23.4 Å². The third-order valence-corrected chi connectivity index (χ3v) is 8.43. The molecular formula is C40H51N4O10+. The van der Waals surface area contributed by atoms with Gasteiger partial charge in [0, 0.05) is 85.5 Å². The van der Waals surface area contributed by atoms with Crippen molar-refractivity contribution in [2.24, 2.45) is 0 Å². The summed E-state index contributed by atoms with van der Waals surface area (Å²) in [5.74, 6) is -1.16. The van der Waals surface area contributed by atoms with Crippen LogP contribution in [0.5, 0.6) is 0 Å². The first kappa shape index (κ1) is 41.6. The van der Waals surface area contributed by atoms with Crippen LogP contribution in [0.1, 0.15) is 40.5 Å². The molecule has 2 aromatic carbocycles. The number of aromatic carboxylic acids is 1. The number of carboxylic acid groups (broad SMARTS) is 1. The summed E-state index contributed by atoms with van der Waals surface area (Å²) in [6.07, 6.45) is 0.542. The number of fused-ring (bicyclic) bond motifs is 2. The van der Waals surface area contributed by atoms with E-state index in [1.165, 1.54) is 13.0 Å². The second-order valence-electron chi connectivity index (χ2n) is 12.9. The molecule has 0 bridgehead atoms. The largest absolute Gasteiger partial charge is 0.478 e. The maximum absolute atomic E-state index is 13.7. The summed E-state index contributed by atoms with van der Waals surface area (Å²) in [7, 11) is 7.71. The second-order valence-corrected chi connectivity index (χ2v) is 12.9. The van der Waals surface area contributed by atoms with Gasteiger partial charge in [-0.1, -0.05) is 6.07 Å². The highest BCUT2D eigenvalue weighted by Crippen LogP contribution is 2.43. The molecule has 1 aliphatic carbocycles. The van der Waals surface area contributed by atoms with Crippen LogP contribution in [0.2, 0.25) is 0 Å². The number of nitrogens with zero attached hydrogens (tertiary/aromatic N) is 2. The molecular weight excluding hydrogens is 696 g/mol. The van der Waals surface area contributed by atoms with E-state index in [1.807, 2.05) is 74.1 Å². The molecule has 0 saturated carbocycles. The van der Waals surface area contributed by atoms with Gasteiger partial charge in [-0.15, -0.1) is 0 Å². The number of ether oxygens (including phenoxy) is 4. The van der Waals surface area contributed by atoms with Crippen LogP contribution in [0.15, 0.2) is 59.0 Å². The third-order valence-electron chi connectivity index (χ3n) is 8.43. The summed E-state index contributed by atoms with van der Waals surface area (Å²) in [6.45, 7) is 4.61. The highest BCUT2D eigenvalue weighted by Gasteiger charge is 2.27. The fourth-order valence-corrected chi connectivity index (χ4v) is 5.61. The first-order valence-corrected chi connectivity index (χ1v) is 17.9. The Bertz CT molecular complexity index is 1950. The summed E-state index contributed by atoms with van der Waals surface area (Å²) in [5, 5.41) is 17.5. The number of carbonyl (C=O) groups excluding carboxylic acids is 3. The molecule has 2 aliphatic rings. The number of hydrogen-bond donors (Lipinski definition) is 3. The Kier molecular flexibility index (Phi) is 16.1. The van der Waals surface area contributed by atoms with Crippen molar-refractivity contribution in [1.29, 1.82) is 0 Å². The van der Waals surface area contributed by atoms with E-state index in [0.29, 0.717) is 86.0 Å². The predicted molar refractivity (Wildman–Crippen MR) is 205 cm³/mol. The quantitative estimate of drug-likeness (QED) is 0.0613. The summed E-state index contributed by atoms with van der Waals surface area (Å²) in [6, 6.07) is 16.2. The molecule has 1 heterocycles. The normalized spacial score (nSPS) is 11.1. The number of nitrogens with one attached hydrogen (secondary N) is 2. The lowest BCUT2D eigenvalue weighted by molar-refractivity contribution is -0.122. The van der Waals surface area contributed by atoms with E-state index in [2.05, 4.69) is 10.6 Å². The molecule has 0 radical (unpaired) electrons. The van der Waals surface area contributed by atoms with E-state index in [9.17, 15) is 24.3 Å². The van der Waals surface area contributed by atoms with Crippen LogP contribution in [-0.2, 0) is 28.5 Å². The number of rotatable bonds is 22. The minimum absolute atomic E-state index is 0.00240. The van der Waals surface area contributed by atoms with Crippen LogP contribution in [0.3, 0.4) is 0 Å². The van der Waals surface area contributed by atoms with E-state index < -0.39 is 11.9 Å². The molecule has 14 heteroatoms. The lowest BCUT2D eigenvalue weighted by atomic mass is 9.87. The zero-order valence-electron chi connectivity index (χ0n) is 31.7. The summed E-state index contributed by atoms with van der Waals surface area (Å²) in [5.41, 5.74) is 3.25. The second kappa shape index (κ2) is 20.9. The van der Waals surface area contributed by atoms with Crippen molar-refractivity contribution in [3.63, 3.8) is 0 Å². The minimum atomic E-state index is -1.15. The molecule has 0 atom stereocenters. The molecule has 0 aromatic heterocycles. The monoisotopic (exact) mass is 747 g/mol. The smallest absolute Gasteiger partial charge is 0.336 e. The molecule has 4 rings (SSSR count). The number of Topliss-reactive ketones (excluding diaryl/α,β-unsaturated/α-hetero) is 1. The highest BCUT2D eigenvalue weighted by atomic mass is 16.6. The predicted octanol–water partition coefficient (Wildman–Crippen LogP) is 3.28. The molecule has 0 spiro atoms. The van der Waals surface area contributed by atoms with Crippen molar-refractivity contribution in [2.45, 2.75) is 19.8 Å². The van der Waals surface area contributed by atoms with Crippen molar-refractivity contribution in [2.75, 3.05) is 99.0 Å². The molecule has 3 N–H and O–H groups in total. The lowest BCUT2D eigenvalue weighted by Crippen LogP contribution is -2.28. The molecule has 0 unspecified atom stereocenters. The Morgan fingerprint density at radius 3 is 2.02 bits per heavy atom. The lowest BCUT2D eigenvalue weighted by Gasteiger charge is -2.20. The van der Waals surface area contributed by atoms with Gasteiger partial charge >= 0.3 is 5.97 Å². The first-order chi connectivity index (χ1) is 26.0. The van der Waals surface area contributed by atoms with Gasteiger partial charge in [-0.05, 0) is 37.3 Å². The van der Waals surface area contributed by atoms with Gasteiger partial charge in [0.25, 0.3) is 5.91 Å². The SMILES string of the molecule is CC(=O)CCNC(=O)CCOCCOCCOCCOCCNC(=O)c1cccc(C(=O)O)c1-c1c2ccc(=[N+](C)C)cc-2oc2cc(N(C)C)ccc12. The van der Waals surface area contributed by atoms with Crippen molar-refractivity contribution < 1.29 is 47.6 Å². The van der Waals surface area contributed by atoms with Crippen LogP contribution < -0.4 is 25.5 Å². The van der Waals surface area contributed by atoms with Gasteiger partial charge in [0.05, 0.1) is 64.5 Å². The van der Waals surface area contributed by atoms with E-state index in [0.717, 1.165) is 11.0 Å². The van der Waals surface area contributed by atoms with Gasteiger partial charge in [-0.25, -0.2) is 9.37 Å². The van der Waals surface area contributed by atoms with E-state index in [1.54, 1.807) is 12.1 Å². The number of anilines is 1. The average Bonchev–Trinajstić information content (AvgIpc) is 3.14. The molecule has 0 fully saturated rings. The number of benzene rings is 3. The number of carbonyl (C=O) groups is 4. The number of ketones is 1. The highest BCUT2D eigenvalue weighted by molar-refractivity contribution is 6.14.